The van der Waals surface area contributed by atoms with Crippen molar-refractivity contribution in [3.8, 4) is 11.1 Å². The lowest BCUT2D eigenvalue weighted by molar-refractivity contribution is 0.922. The van der Waals surface area contributed by atoms with Crippen molar-refractivity contribution in [3.63, 3.8) is 0 Å². The molecule has 0 fully saturated rings. The third-order valence-electron chi connectivity index (χ3n) is 2.99. The minimum Gasteiger partial charge on any atom is -0.326 e. The molecule has 0 unspecified atom stereocenters. The summed E-state index contributed by atoms with van der Waals surface area (Å²) in [6.07, 6.45) is 2.34. The van der Waals surface area contributed by atoms with E-state index >= 15 is 0 Å². The molecule has 0 saturated carbocycles. The van der Waals surface area contributed by atoms with E-state index in [0.29, 0.717) is 6.54 Å². The van der Waals surface area contributed by atoms with Gasteiger partial charge in [-0.1, -0.05) is 61.9 Å². The van der Waals surface area contributed by atoms with Gasteiger partial charge in [0.1, 0.15) is 0 Å². The summed E-state index contributed by atoms with van der Waals surface area (Å²) < 4.78 is 0. The lowest BCUT2D eigenvalue weighted by Crippen LogP contribution is -1.95. The van der Waals surface area contributed by atoms with Crippen molar-refractivity contribution in [2.24, 2.45) is 5.73 Å². The maximum atomic E-state index is 5.60. The smallest absolute Gasteiger partial charge is 0.0178 e. The molecule has 0 spiro atoms. The summed E-state index contributed by atoms with van der Waals surface area (Å²) in [7, 11) is 0. The molecule has 1 nitrogen and oxygen atoms in total. The minimum atomic E-state index is 0.607. The van der Waals surface area contributed by atoms with Crippen LogP contribution in [-0.4, -0.2) is 0 Å². The van der Waals surface area contributed by atoms with E-state index in [9.17, 15) is 0 Å². The maximum Gasteiger partial charge on any atom is 0.0178 e. The van der Waals surface area contributed by atoms with E-state index in [0.717, 1.165) is 6.42 Å². The van der Waals surface area contributed by atoms with Crippen LogP contribution in [0.25, 0.3) is 11.1 Å². The summed E-state index contributed by atoms with van der Waals surface area (Å²) in [5.41, 5.74) is 10.7. The molecule has 0 amide bonds. The molecule has 2 rings (SSSR count). The van der Waals surface area contributed by atoms with Crippen molar-refractivity contribution in [2.75, 3.05) is 0 Å². The summed E-state index contributed by atoms with van der Waals surface area (Å²) in [6, 6.07) is 17.3. The van der Waals surface area contributed by atoms with Crippen molar-refractivity contribution < 1.29 is 0 Å². The molecule has 0 heterocycles. The van der Waals surface area contributed by atoms with Crippen molar-refractivity contribution in [1.29, 1.82) is 0 Å². The van der Waals surface area contributed by atoms with Gasteiger partial charge in [0.25, 0.3) is 0 Å². The minimum absolute atomic E-state index is 0.607. The van der Waals surface area contributed by atoms with Gasteiger partial charge in [-0.15, -0.1) is 0 Å². The molecule has 0 aliphatic heterocycles. The normalized spacial score (nSPS) is 10.5. The lowest BCUT2D eigenvalue weighted by atomic mass is 10.0. The first-order valence-corrected chi connectivity index (χ1v) is 6.22. The van der Waals surface area contributed by atoms with Gasteiger partial charge in [0.15, 0.2) is 0 Å². The molecule has 1 heteroatoms. The van der Waals surface area contributed by atoms with Crippen LogP contribution < -0.4 is 5.73 Å². The predicted octanol–water partition coefficient (Wildman–Crippen LogP) is 3.76. The number of hydrogen-bond acceptors (Lipinski definition) is 1. The zero-order valence-corrected chi connectivity index (χ0v) is 10.3. The number of hydrogen-bond donors (Lipinski definition) is 1. The third-order valence-corrected chi connectivity index (χ3v) is 2.99. The Morgan fingerprint density at radius 2 is 1.65 bits per heavy atom. The highest BCUT2D eigenvalue weighted by Crippen LogP contribution is 2.21. The molecule has 0 bridgehead atoms. The van der Waals surface area contributed by atoms with Gasteiger partial charge < -0.3 is 5.73 Å². The van der Waals surface area contributed by atoms with Gasteiger partial charge in [-0.2, -0.15) is 0 Å². The first-order chi connectivity index (χ1) is 8.33. The molecule has 2 N–H and O–H groups in total. The molecule has 0 aliphatic rings. The van der Waals surface area contributed by atoms with Crippen LogP contribution in [0.5, 0.6) is 0 Å². The van der Waals surface area contributed by atoms with E-state index in [-0.39, 0.29) is 0 Å². The number of rotatable bonds is 4. The standard InChI is InChI=1S/C16H19N/c1-2-4-13-5-3-6-16(11-13)15-9-7-14(12-17)8-10-15/h3,5-11H,2,4,12,17H2,1H3. The van der Waals surface area contributed by atoms with Gasteiger partial charge >= 0.3 is 0 Å². The van der Waals surface area contributed by atoms with Crippen LogP contribution in [0.2, 0.25) is 0 Å². The Kier molecular flexibility index (Phi) is 3.94. The van der Waals surface area contributed by atoms with Gasteiger partial charge in [-0.3, -0.25) is 0 Å². The van der Waals surface area contributed by atoms with Crippen LogP contribution in [0, 0.1) is 0 Å². The second-order valence-electron chi connectivity index (χ2n) is 4.35. The molecular weight excluding hydrogens is 206 g/mol. The van der Waals surface area contributed by atoms with E-state index < -0.39 is 0 Å². The first kappa shape index (κ1) is 11.9. The fraction of sp³-hybridized carbons (Fsp3) is 0.250. The third kappa shape index (κ3) is 2.95. The Labute approximate surface area is 103 Å². The van der Waals surface area contributed by atoms with Crippen LogP contribution in [0.15, 0.2) is 48.5 Å². The molecule has 0 radical (unpaired) electrons. The summed E-state index contributed by atoms with van der Waals surface area (Å²) in [6.45, 7) is 2.82. The first-order valence-electron chi connectivity index (χ1n) is 6.22. The van der Waals surface area contributed by atoms with Gasteiger partial charge in [-0.05, 0) is 28.7 Å². The summed E-state index contributed by atoms with van der Waals surface area (Å²) in [5, 5.41) is 0. The van der Waals surface area contributed by atoms with E-state index in [2.05, 4.69) is 55.5 Å². The van der Waals surface area contributed by atoms with E-state index in [4.69, 9.17) is 5.73 Å². The Morgan fingerprint density at radius 1 is 0.882 bits per heavy atom. The molecule has 0 atom stereocenters. The Hall–Kier alpha value is -1.60. The fourth-order valence-corrected chi connectivity index (χ4v) is 2.03. The fourth-order valence-electron chi connectivity index (χ4n) is 2.03. The Morgan fingerprint density at radius 3 is 2.29 bits per heavy atom. The molecule has 2 aromatic carbocycles. The molecular formula is C16H19N. The topological polar surface area (TPSA) is 26.0 Å². The molecule has 17 heavy (non-hydrogen) atoms. The lowest BCUT2D eigenvalue weighted by Gasteiger charge is -2.05. The zero-order chi connectivity index (χ0) is 12.1. The highest BCUT2D eigenvalue weighted by Gasteiger charge is 1.99. The van der Waals surface area contributed by atoms with Crippen molar-refractivity contribution in [3.05, 3.63) is 59.7 Å². The van der Waals surface area contributed by atoms with E-state index in [1.54, 1.807) is 0 Å². The Bertz CT molecular complexity index is 471. The number of benzene rings is 2. The van der Waals surface area contributed by atoms with Crippen LogP contribution in [0.3, 0.4) is 0 Å². The second-order valence-corrected chi connectivity index (χ2v) is 4.35. The van der Waals surface area contributed by atoms with E-state index in [1.165, 1.54) is 28.7 Å². The van der Waals surface area contributed by atoms with Crippen molar-refractivity contribution in [1.82, 2.24) is 0 Å². The SMILES string of the molecule is CCCc1cccc(-c2ccc(CN)cc2)c1. The molecule has 88 valence electrons. The average Bonchev–Trinajstić information content (AvgIpc) is 2.40. The maximum absolute atomic E-state index is 5.60. The van der Waals surface area contributed by atoms with Crippen molar-refractivity contribution >= 4 is 0 Å². The predicted molar refractivity (Wildman–Crippen MR) is 73.8 cm³/mol. The van der Waals surface area contributed by atoms with E-state index in [1.807, 2.05) is 0 Å². The summed E-state index contributed by atoms with van der Waals surface area (Å²) in [5.74, 6) is 0. The largest absolute Gasteiger partial charge is 0.326 e. The van der Waals surface area contributed by atoms with Gasteiger partial charge in [-0.25, -0.2) is 0 Å². The van der Waals surface area contributed by atoms with Gasteiger partial charge in [0.2, 0.25) is 0 Å². The van der Waals surface area contributed by atoms with Crippen LogP contribution >= 0.6 is 0 Å². The zero-order valence-electron chi connectivity index (χ0n) is 10.3. The van der Waals surface area contributed by atoms with Gasteiger partial charge in [0, 0.05) is 6.54 Å². The highest BCUT2D eigenvalue weighted by molar-refractivity contribution is 5.64. The average molecular weight is 225 g/mol. The van der Waals surface area contributed by atoms with Crippen LogP contribution in [-0.2, 0) is 13.0 Å². The molecule has 2 aromatic rings. The summed E-state index contributed by atoms with van der Waals surface area (Å²) >= 11 is 0. The quantitative estimate of drug-likeness (QED) is 0.842. The summed E-state index contributed by atoms with van der Waals surface area (Å²) in [4.78, 5) is 0. The van der Waals surface area contributed by atoms with Crippen LogP contribution in [0.1, 0.15) is 24.5 Å². The monoisotopic (exact) mass is 225 g/mol. The molecule has 0 aliphatic carbocycles. The van der Waals surface area contributed by atoms with Gasteiger partial charge in [0.05, 0.1) is 0 Å². The second kappa shape index (κ2) is 5.65. The Balaban J connectivity index is 2.28. The number of aryl methyl sites for hydroxylation is 1. The highest BCUT2D eigenvalue weighted by atomic mass is 14.5. The molecule has 0 saturated heterocycles. The van der Waals surface area contributed by atoms with Crippen molar-refractivity contribution in [2.45, 2.75) is 26.3 Å². The molecule has 0 aromatic heterocycles. The van der Waals surface area contributed by atoms with Crippen LogP contribution in [0.4, 0.5) is 0 Å². The number of nitrogens with two attached hydrogens (primary N) is 1.